The predicted octanol–water partition coefficient (Wildman–Crippen LogP) is 0.871. The Kier molecular flexibility index (Phi) is 4.72. The molecule has 0 aliphatic carbocycles. The Morgan fingerprint density at radius 1 is 1.47 bits per heavy atom. The minimum atomic E-state index is -3.87. The van der Waals surface area contributed by atoms with Gasteiger partial charge in [-0.15, -0.1) is 0 Å². The number of rotatable bonds is 5. The summed E-state index contributed by atoms with van der Waals surface area (Å²) in [5.41, 5.74) is -1.29. The lowest BCUT2D eigenvalue weighted by Gasteiger charge is -2.18. The van der Waals surface area contributed by atoms with Crippen molar-refractivity contribution >= 4 is 31.9 Å². The minimum Gasteiger partial charge on any atom is -0.479 e. The fourth-order valence-electron chi connectivity index (χ4n) is 1.14. The molecule has 0 bridgehead atoms. The molecule has 1 atom stereocenters. The molecule has 1 aromatic rings. The largest absolute Gasteiger partial charge is 0.479 e. The van der Waals surface area contributed by atoms with E-state index in [1.807, 2.05) is 6.92 Å². The van der Waals surface area contributed by atoms with E-state index in [2.05, 4.69) is 20.7 Å². The Labute approximate surface area is 119 Å². The van der Waals surface area contributed by atoms with Gasteiger partial charge in [-0.1, -0.05) is 22.0 Å². The first-order valence-electron chi connectivity index (χ1n) is 5.28. The molecule has 19 heavy (non-hydrogen) atoms. The number of aliphatic hydroxyl groups is 1. The lowest BCUT2D eigenvalue weighted by atomic mass is 10.1. The Balaban J connectivity index is 2.93. The van der Waals surface area contributed by atoms with Gasteiger partial charge in [-0.2, -0.15) is 0 Å². The molecule has 8 heteroatoms. The molecule has 0 amide bonds. The number of carboxylic acids is 1. The second kappa shape index (κ2) is 5.58. The van der Waals surface area contributed by atoms with Crippen LogP contribution in [0.3, 0.4) is 0 Å². The van der Waals surface area contributed by atoms with Crippen LogP contribution in [0.1, 0.15) is 12.5 Å². The van der Waals surface area contributed by atoms with Gasteiger partial charge in [0.25, 0.3) is 0 Å². The number of carboxylic acid groups (broad SMARTS) is 1. The van der Waals surface area contributed by atoms with Crippen LogP contribution >= 0.6 is 15.9 Å². The van der Waals surface area contributed by atoms with Gasteiger partial charge in [-0.25, -0.2) is 17.9 Å². The zero-order valence-electron chi connectivity index (χ0n) is 10.3. The molecule has 106 valence electrons. The Morgan fingerprint density at radius 3 is 2.53 bits per heavy atom. The summed E-state index contributed by atoms with van der Waals surface area (Å²) in [6.45, 7) is 2.21. The molecule has 0 aliphatic rings. The maximum atomic E-state index is 11.9. The van der Waals surface area contributed by atoms with Gasteiger partial charge in [0.1, 0.15) is 0 Å². The first kappa shape index (κ1) is 16.1. The van der Waals surface area contributed by atoms with Crippen LogP contribution in [0.4, 0.5) is 0 Å². The Bertz CT molecular complexity index is 597. The summed E-state index contributed by atoms with van der Waals surface area (Å²) in [5, 5.41) is 18.2. The average Bonchev–Trinajstić information content (AvgIpc) is 2.30. The molecule has 0 spiro atoms. The van der Waals surface area contributed by atoms with Crippen molar-refractivity contribution in [1.82, 2.24) is 4.72 Å². The Morgan fingerprint density at radius 2 is 2.05 bits per heavy atom. The second-order valence-corrected chi connectivity index (χ2v) is 6.94. The molecule has 3 N–H and O–H groups in total. The SMILES string of the molecule is Cc1ccc(S(=O)(=O)NCC(C)(O)C(=O)O)cc1Br. The highest BCUT2D eigenvalue weighted by molar-refractivity contribution is 9.10. The topological polar surface area (TPSA) is 104 Å². The molecular weight excluding hydrogens is 338 g/mol. The van der Waals surface area contributed by atoms with Gasteiger partial charge in [-0.3, -0.25) is 0 Å². The van der Waals surface area contributed by atoms with Crippen LogP contribution in [0.15, 0.2) is 27.6 Å². The number of nitrogens with one attached hydrogen (secondary N) is 1. The molecule has 0 aliphatic heterocycles. The summed E-state index contributed by atoms with van der Waals surface area (Å²) in [6.07, 6.45) is 0. The van der Waals surface area contributed by atoms with Crippen LogP contribution in [0.5, 0.6) is 0 Å². The van der Waals surface area contributed by atoms with E-state index in [1.165, 1.54) is 12.1 Å². The van der Waals surface area contributed by atoms with Crippen LogP contribution < -0.4 is 4.72 Å². The van der Waals surface area contributed by atoms with E-state index in [-0.39, 0.29) is 4.90 Å². The molecule has 0 radical (unpaired) electrons. The number of carbonyl (C=O) groups is 1. The maximum absolute atomic E-state index is 11.9. The number of aryl methyl sites for hydroxylation is 1. The van der Waals surface area contributed by atoms with E-state index in [1.54, 1.807) is 6.07 Å². The first-order valence-corrected chi connectivity index (χ1v) is 7.55. The number of halogens is 1. The van der Waals surface area contributed by atoms with Gasteiger partial charge in [0.2, 0.25) is 10.0 Å². The summed E-state index contributed by atoms with van der Waals surface area (Å²) >= 11 is 3.22. The number of aliphatic carboxylic acids is 1. The van der Waals surface area contributed by atoms with Gasteiger partial charge in [-0.05, 0) is 31.5 Å². The molecule has 0 heterocycles. The smallest absolute Gasteiger partial charge is 0.336 e. The van der Waals surface area contributed by atoms with Crippen LogP contribution in [-0.4, -0.2) is 36.7 Å². The molecule has 0 aromatic heterocycles. The van der Waals surface area contributed by atoms with Crippen molar-refractivity contribution in [2.45, 2.75) is 24.3 Å². The number of hydrogen-bond acceptors (Lipinski definition) is 4. The van der Waals surface area contributed by atoms with Gasteiger partial charge < -0.3 is 10.2 Å². The molecule has 0 saturated carbocycles. The van der Waals surface area contributed by atoms with Gasteiger partial charge in [0.15, 0.2) is 5.60 Å². The van der Waals surface area contributed by atoms with Gasteiger partial charge in [0, 0.05) is 4.47 Å². The van der Waals surface area contributed by atoms with Crippen LogP contribution in [-0.2, 0) is 14.8 Å². The van der Waals surface area contributed by atoms with Gasteiger partial charge >= 0.3 is 5.97 Å². The van der Waals surface area contributed by atoms with Crippen molar-refractivity contribution in [3.8, 4) is 0 Å². The number of hydrogen-bond donors (Lipinski definition) is 3. The summed E-state index contributed by atoms with van der Waals surface area (Å²) < 4.78 is 26.5. The quantitative estimate of drug-likeness (QED) is 0.730. The Hall–Kier alpha value is -0.960. The maximum Gasteiger partial charge on any atom is 0.336 e. The highest BCUT2D eigenvalue weighted by Crippen LogP contribution is 2.20. The average molecular weight is 352 g/mol. The number of benzene rings is 1. The fourth-order valence-corrected chi connectivity index (χ4v) is 2.82. The highest BCUT2D eigenvalue weighted by atomic mass is 79.9. The van der Waals surface area contributed by atoms with E-state index in [4.69, 9.17) is 5.11 Å². The molecule has 0 saturated heterocycles. The standard InChI is InChI=1S/C11H14BrNO5S/c1-7-3-4-8(5-9(7)12)19(17,18)13-6-11(2,16)10(14)15/h3-5,13,16H,6H2,1-2H3,(H,14,15). The lowest BCUT2D eigenvalue weighted by Crippen LogP contribution is -2.46. The first-order chi connectivity index (χ1) is 8.56. The van der Waals surface area contributed by atoms with Gasteiger partial charge in [0.05, 0.1) is 11.4 Å². The summed E-state index contributed by atoms with van der Waals surface area (Å²) in [4.78, 5) is 10.7. The molecule has 1 rings (SSSR count). The van der Waals surface area contributed by atoms with E-state index in [0.29, 0.717) is 4.47 Å². The minimum absolute atomic E-state index is 0.00818. The van der Waals surface area contributed by atoms with Crippen molar-refractivity contribution in [3.05, 3.63) is 28.2 Å². The van der Waals surface area contributed by atoms with Crippen molar-refractivity contribution in [3.63, 3.8) is 0 Å². The summed E-state index contributed by atoms with van der Waals surface area (Å²) in [7, 11) is -3.87. The van der Waals surface area contributed by atoms with E-state index >= 15 is 0 Å². The van der Waals surface area contributed by atoms with Crippen molar-refractivity contribution in [2.24, 2.45) is 0 Å². The number of sulfonamides is 1. The monoisotopic (exact) mass is 351 g/mol. The van der Waals surface area contributed by atoms with Crippen molar-refractivity contribution < 1.29 is 23.4 Å². The van der Waals surface area contributed by atoms with Crippen LogP contribution in [0.2, 0.25) is 0 Å². The lowest BCUT2D eigenvalue weighted by molar-refractivity contribution is -0.155. The predicted molar refractivity (Wildman–Crippen MR) is 72.3 cm³/mol. The zero-order chi connectivity index (χ0) is 14.8. The summed E-state index contributed by atoms with van der Waals surface area (Å²) in [5.74, 6) is -1.50. The van der Waals surface area contributed by atoms with E-state index in [9.17, 15) is 18.3 Å². The van der Waals surface area contributed by atoms with Crippen molar-refractivity contribution in [1.29, 1.82) is 0 Å². The molecule has 0 fully saturated rings. The van der Waals surface area contributed by atoms with Crippen LogP contribution in [0.25, 0.3) is 0 Å². The third-order valence-electron chi connectivity index (χ3n) is 2.52. The van der Waals surface area contributed by atoms with Crippen LogP contribution in [0, 0.1) is 6.92 Å². The third-order valence-corrected chi connectivity index (χ3v) is 4.77. The van der Waals surface area contributed by atoms with Crippen molar-refractivity contribution in [2.75, 3.05) is 6.54 Å². The molecule has 1 aromatic carbocycles. The third kappa shape index (κ3) is 4.00. The normalized spacial score (nSPS) is 14.9. The molecule has 1 unspecified atom stereocenters. The molecule has 6 nitrogen and oxygen atoms in total. The van der Waals surface area contributed by atoms with E-state index in [0.717, 1.165) is 12.5 Å². The van der Waals surface area contributed by atoms with E-state index < -0.39 is 28.1 Å². The summed E-state index contributed by atoms with van der Waals surface area (Å²) in [6, 6.07) is 4.43. The molecular formula is C11H14BrNO5S. The highest BCUT2D eigenvalue weighted by Gasteiger charge is 2.31. The fraction of sp³-hybridized carbons (Fsp3) is 0.364. The second-order valence-electron chi connectivity index (χ2n) is 4.31. The zero-order valence-corrected chi connectivity index (χ0v) is 12.7.